The van der Waals surface area contributed by atoms with Gasteiger partial charge in [-0.15, -0.1) is 0 Å². The van der Waals surface area contributed by atoms with Gasteiger partial charge in [-0.2, -0.15) is 0 Å². The highest BCUT2D eigenvalue weighted by atomic mass is 32.2. The fourth-order valence-corrected chi connectivity index (χ4v) is 4.11. The summed E-state index contributed by atoms with van der Waals surface area (Å²) in [5.74, 6) is 0.271. The lowest BCUT2D eigenvalue weighted by Crippen LogP contribution is -2.33. The van der Waals surface area contributed by atoms with E-state index in [9.17, 15) is 13.2 Å². The van der Waals surface area contributed by atoms with Crippen LogP contribution in [0.5, 0.6) is 0 Å². The topological polar surface area (TPSA) is 98.3 Å². The molecule has 1 heterocycles. The molecule has 2 N–H and O–H groups in total. The van der Waals surface area contributed by atoms with E-state index in [1.165, 1.54) is 23.9 Å². The third-order valence-corrected chi connectivity index (χ3v) is 5.72. The number of rotatable bonds is 8. The number of nitrogens with zero attached hydrogens (tertiary/aromatic N) is 3. The van der Waals surface area contributed by atoms with Crippen LogP contribution in [0, 0.1) is 0 Å². The Kier molecular flexibility index (Phi) is 6.48. The number of hydrogen-bond donors (Lipinski definition) is 1. The second kappa shape index (κ2) is 8.24. The van der Waals surface area contributed by atoms with Gasteiger partial charge in [-0.05, 0) is 39.0 Å². The monoisotopic (exact) mass is 396 g/mol. The summed E-state index contributed by atoms with van der Waals surface area (Å²) in [6.07, 6.45) is 0. The standard InChI is InChI=1S/C17H24N4O3S2/c1-5-20(10-12(3)4)16(22)11-25-17-19-14-9-13(26(18,23)24)7-8-15(14)21(17)6-2/h7-9H,3,5-6,10-11H2,1-2,4H3,(H2,18,23,24). The molecule has 0 aliphatic rings. The molecule has 0 spiro atoms. The van der Waals surface area contributed by atoms with Crippen LogP contribution in [-0.4, -0.2) is 47.6 Å². The molecule has 0 saturated heterocycles. The van der Waals surface area contributed by atoms with Crippen LogP contribution in [-0.2, 0) is 21.4 Å². The van der Waals surface area contributed by atoms with E-state index in [1.807, 2.05) is 25.3 Å². The number of likely N-dealkylation sites (N-methyl/N-ethyl adjacent to an activating group) is 1. The molecule has 0 unspecified atom stereocenters. The molecule has 142 valence electrons. The molecule has 0 aliphatic heterocycles. The van der Waals surface area contributed by atoms with Crippen LogP contribution < -0.4 is 5.14 Å². The maximum atomic E-state index is 12.4. The highest BCUT2D eigenvalue weighted by Gasteiger charge is 2.17. The number of nitrogens with two attached hydrogens (primary N) is 1. The Morgan fingerprint density at radius 1 is 1.38 bits per heavy atom. The number of hydrogen-bond acceptors (Lipinski definition) is 5. The predicted molar refractivity (Wildman–Crippen MR) is 105 cm³/mol. The van der Waals surface area contributed by atoms with Gasteiger partial charge in [0.25, 0.3) is 0 Å². The van der Waals surface area contributed by atoms with E-state index in [0.29, 0.717) is 30.3 Å². The average Bonchev–Trinajstić information content (AvgIpc) is 2.93. The number of carbonyl (C=O) groups is 1. The van der Waals surface area contributed by atoms with Crippen LogP contribution in [0.4, 0.5) is 0 Å². The fourth-order valence-electron chi connectivity index (χ4n) is 2.60. The van der Waals surface area contributed by atoms with E-state index in [2.05, 4.69) is 11.6 Å². The van der Waals surface area contributed by atoms with E-state index in [-0.39, 0.29) is 16.6 Å². The van der Waals surface area contributed by atoms with Gasteiger partial charge in [-0.25, -0.2) is 18.5 Å². The van der Waals surface area contributed by atoms with Crippen molar-refractivity contribution in [3.05, 3.63) is 30.4 Å². The van der Waals surface area contributed by atoms with Crippen LogP contribution in [0.15, 0.2) is 40.4 Å². The number of carbonyl (C=O) groups excluding carboxylic acids is 1. The summed E-state index contributed by atoms with van der Waals surface area (Å²) in [5.41, 5.74) is 2.29. The highest BCUT2D eigenvalue weighted by molar-refractivity contribution is 7.99. The van der Waals surface area contributed by atoms with Gasteiger partial charge in [-0.3, -0.25) is 4.79 Å². The highest BCUT2D eigenvalue weighted by Crippen LogP contribution is 2.26. The molecule has 0 bridgehead atoms. The summed E-state index contributed by atoms with van der Waals surface area (Å²) in [6, 6.07) is 4.62. The Labute approximate surface area is 158 Å². The number of benzene rings is 1. The number of primary sulfonamides is 1. The largest absolute Gasteiger partial charge is 0.338 e. The van der Waals surface area contributed by atoms with Crippen molar-refractivity contribution < 1.29 is 13.2 Å². The zero-order valence-electron chi connectivity index (χ0n) is 15.2. The molecule has 1 aromatic carbocycles. The molecule has 0 atom stereocenters. The Hall–Kier alpha value is -1.84. The molecule has 26 heavy (non-hydrogen) atoms. The lowest BCUT2D eigenvalue weighted by Gasteiger charge is -2.20. The normalized spacial score (nSPS) is 11.7. The number of fused-ring (bicyclic) bond motifs is 1. The molecular formula is C17H24N4O3S2. The van der Waals surface area contributed by atoms with E-state index < -0.39 is 10.0 Å². The minimum absolute atomic E-state index is 0.0143. The molecule has 0 radical (unpaired) electrons. The molecule has 2 aromatic rings. The first-order chi connectivity index (χ1) is 12.2. The Morgan fingerprint density at radius 3 is 2.62 bits per heavy atom. The van der Waals surface area contributed by atoms with Crippen molar-refractivity contribution in [2.24, 2.45) is 5.14 Å². The van der Waals surface area contributed by atoms with Gasteiger partial charge in [0, 0.05) is 19.6 Å². The van der Waals surface area contributed by atoms with Crippen LogP contribution >= 0.6 is 11.8 Å². The van der Waals surface area contributed by atoms with Crippen molar-refractivity contribution in [3.8, 4) is 0 Å². The Bertz CT molecular complexity index is 935. The molecular weight excluding hydrogens is 372 g/mol. The SMILES string of the molecule is C=C(C)CN(CC)C(=O)CSc1nc2cc(S(N)(=O)=O)ccc2n1CC. The van der Waals surface area contributed by atoms with Crippen molar-refractivity contribution in [1.29, 1.82) is 0 Å². The first-order valence-electron chi connectivity index (χ1n) is 8.25. The minimum Gasteiger partial charge on any atom is -0.338 e. The summed E-state index contributed by atoms with van der Waals surface area (Å²) < 4.78 is 25.0. The molecule has 1 aromatic heterocycles. The first kappa shape index (κ1) is 20.5. The summed E-state index contributed by atoms with van der Waals surface area (Å²) in [6.45, 7) is 11.5. The van der Waals surface area contributed by atoms with E-state index in [1.54, 1.807) is 11.0 Å². The van der Waals surface area contributed by atoms with Crippen LogP contribution in [0.1, 0.15) is 20.8 Å². The number of amides is 1. The second-order valence-corrected chi connectivity index (χ2v) is 8.49. The second-order valence-electron chi connectivity index (χ2n) is 5.99. The van der Waals surface area contributed by atoms with Crippen LogP contribution in [0.2, 0.25) is 0 Å². The van der Waals surface area contributed by atoms with Gasteiger partial charge < -0.3 is 9.47 Å². The number of imidazole rings is 1. The molecule has 0 aliphatic carbocycles. The molecule has 1 amide bonds. The van der Waals surface area contributed by atoms with Gasteiger partial charge in [0.2, 0.25) is 15.9 Å². The fraction of sp³-hybridized carbons (Fsp3) is 0.412. The van der Waals surface area contributed by atoms with Gasteiger partial charge in [0.15, 0.2) is 5.16 Å². The lowest BCUT2D eigenvalue weighted by atomic mass is 10.3. The zero-order chi connectivity index (χ0) is 19.5. The zero-order valence-corrected chi connectivity index (χ0v) is 16.9. The summed E-state index contributed by atoms with van der Waals surface area (Å²) in [4.78, 5) is 18.7. The molecule has 7 nitrogen and oxygen atoms in total. The molecule has 2 rings (SSSR count). The van der Waals surface area contributed by atoms with Crippen molar-refractivity contribution in [2.45, 2.75) is 37.4 Å². The van der Waals surface area contributed by atoms with Crippen molar-refractivity contribution in [1.82, 2.24) is 14.5 Å². The van der Waals surface area contributed by atoms with Gasteiger partial charge >= 0.3 is 0 Å². The molecule has 0 fully saturated rings. The average molecular weight is 397 g/mol. The quantitative estimate of drug-likeness (QED) is 0.545. The van der Waals surface area contributed by atoms with Crippen molar-refractivity contribution in [2.75, 3.05) is 18.8 Å². The minimum atomic E-state index is -3.78. The Balaban J connectivity index is 2.26. The van der Waals surface area contributed by atoms with Gasteiger partial charge in [0.05, 0.1) is 21.7 Å². The molecule has 9 heteroatoms. The maximum absolute atomic E-state index is 12.4. The van der Waals surface area contributed by atoms with Crippen LogP contribution in [0.25, 0.3) is 11.0 Å². The lowest BCUT2D eigenvalue weighted by molar-refractivity contribution is -0.127. The smallest absolute Gasteiger partial charge is 0.238 e. The van der Waals surface area contributed by atoms with E-state index in [0.717, 1.165) is 11.1 Å². The summed E-state index contributed by atoms with van der Waals surface area (Å²) in [7, 11) is -3.78. The third kappa shape index (κ3) is 4.66. The summed E-state index contributed by atoms with van der Waals surface area (Å²) >= 11 is 1.34. The van der Waals surface area contributed by atoms with Gasteiger partial charge in [0.1, 0.15) is 0 Å². The maximum Gasteiger partial charge on any atom is 0.238 e. The molecule has 0 saturated carbocycles. The Morgan fingerprint density at radius 2 is 2.08 bits per heavy atom. The number of thioether (sulfide) groups is 1. The summed E-state index contributed by atoms with van der Waals surface area (Å²) in [5, 5.41) is 5.86. The first-order valence-corrected chi connectivity index (χ1v) is 10.8. The predicted octanol–water partition coefficient (Wildman–Crippen LogP) is 2.22. The number of aromatic nitrogens is 2. The third-order valence-electron chi connectivity index (χ3n) is 3.85. The van der Waals surface area contributed by atoms with E-state index in [4.69, 9.17) is 5.14 Å². The number of sulfonamides is 1. The van der Waals surface area contributed by atoms with Gasteiger partial charge in [-0.1, -0.05) is 23.9 Å². The van der Waals surface area contributed by atoms with Crippen LogP contribution in [0.3, 0.4) is 0 Å². The van der Waals surface area contributed by atoms with E-state index >= 15 is 0 Å². The van der Waals surface area contributed by atoms with Crippen molar-refractivity contribution in [3.63, 3.8) is 0 Å². The van der Waals surface area contributed by atoms with Crippen molar-refractivity contribution >= 4 is 38.7 Å². The number of aryl methyl sites for hydroxylation is 1.